The van der Waals surface area contributed by atoms with E-state index in [1.54, 1.807) is 0 Å². The van der Waals surface area contributed by atoms with Crippen LogP contribution in [0.4, 0.5) is 17.6 Å². The molecule has 0 aliphatic carbocycles. The summed E-state index contributed by atoms with van der Waals surface area (Å²) < 4.78 is 57.0. The maximum absolute atomic E-state index is 14.8. The Morgan fingerprint density at radius 2 is 1.19 bits per heavy atom. The number of hydrogen-bond acceptors (Lipinski definition) is 0. The van der Waals surface area contributed by atoms with Gasteiger partial charge in [0, 0.05) is 0 Å². The summed E-state index contributed by atoms with van der Waals surface area (Å²) in [4.78, 5) is 0. The second-order valence-electron chi connectivity index (χ2n) is 7.78. The van der Waals surface area contributed by atoms with E-state index in [1.807, 2.05) is 42.5 Å². The Labute approximate surface area is 189 Å². The van der Waals surface area contributed by atoms with Crippen LogP contribution in [-0.2, 0) is 6.42 Å². The molecule has 4 aromatic carbocycles. The minimum atomic E-state index is -1.08. The molecule has 0 heterocycles. The summed E-state index contributed by atoms with van der Waals surface area (Å²) in [5, 5.41) is -0.715. The number of hydrogen-bond donors (Lipinski definition) is 0. The zero-order valence-electron chi connectivity index (χ0n) is 17.2. The van der Waals surface area contributed by atoms with E-state index in [-0.39, 0.29) is 5.56 Å². The molecule has 32 heavy (non-hydrogen) atoms. The Bertz CT molecular complexity index is 1200. The molecule has 4 rings (SSSR count). The Balaban J connectivity index is 1.59. The molecule has 0 nitrogen and oxygen atoms in total. The summed E-state index contributed by atoms with van der Waals surface area (Å²) in [7, 11) is 0. The molecule has 162 valence electrons. The number of halogens is 5. The highest BCUT2D eigenvalue weighted by Gasteiger charge is 2.18. The van der Waals surface area contributed by atoms with Crippen molar-refractivity contribution >= 4 is 11.6 Å². The summed E-state index contributed by atoms with van der Waals surface area (Å²) in [5.41, 5.74) is 2.56. The molecule has 1 atom stereocenters. The van der Waals surface area contributed by atoms with E-state index in [9.17, 15) is 17.6 Å². The first-order valence-electron chi connectivity index (χ1n) is 10.1. The highest BCUT2D eigenvalue weighted by atomic mass is 35.5. The lowest BCUT2D eigenvalue weighted by Crippen LogP contribution is -1.98. The van der Waals surface area contributed by atoms with Crippen LogP contribution in [0, 0.1) is 23.3 Å². The SMILES string of the molecule is CC(Cc1ccc(-c2cc(F)c(-c3cc(F)c(Cl)c(F)c3)c(F)c2)cc1)c1ccccc1. The third-order valence-corrected chi connectivity index (χ3v) is 5.87. The quantitative estimate of drug-likeness (QED) is 0.209. The molecular weight excluding hydrogens is 436 g/mol. The molecule has 0 saturated carbocycles. The number of benzene rings is 4. The third-order valence-electron chi connectivity index (χ3n) is 5.51. The molecule has 0 aliphatic heterocycles. The van der Waals surface area contributed by atoms with E-state index >= 15 is 0 Å². The normalized spacial score (nSPS) is 12.1. The van der Waals surface area contributed by atoms with Crippen molar-refractivity contribution in [2.75, 3.05) is 0 Å². The topological polar surface area (TPSA) is 0 Å². The van der Waals surface area contributed by atoms with Gasteiger partial charge in [-0.3, -0.25) is 0 Å². The highest BCUT2D eigenvalue weighted by Crippen LogP contribution is 2.34. The van der Waals surface area contributed by atoms with Crippen molar-refractivity contribution in [1.82, 2.24) is 0 Å². The molecule has 0 fully saturated rings. The minimum absolute atomic E-state index is 0.254. The molecule has 0 radical (unpaired) electrons. The van der Waals surface area contributed by atoms with E-state index in [4.69, 9.17) is 11.6 Å². The van der Waals surface area contributed by atoms with Crippen LogP contribution >= 0.6 is 11.6 Å². The lowest BCUT2D eigenvalue weighted by atomic mass is 9.92. The molecule has 0 N–H and O–H groups in total. The van der Waals surface area contributed by atoms with E-state index in [2.05, 4.69) is 19.1 Å². The Morgan fingerprint density at radius 3 is 1.75 bits per heavy atom. The molecule has 1 unspecified atom stereocenters. The summed E-state index contributed by atoms with van der Waals surface area (Å²) in [6, 6.07) is 21.6. The summed E-state index contributed by atoms with van der Waals surface area (Å²) in [5.74, 6) is -3.66. The van der Waals surface area contributed by atoms with E-state index in [0.29, 0.717) is 17.0 Å². The predicted octanol–water partition coefficient (Wildman–Crippen LogP) is 8.58. The Kier molecular flexibility index (Phi) is 6.33. The smallest absolute Gasteiger partial charge is 0.145 e. The first-order valence-corrected chi connectivity index (χ1v) is 10.5. The summed E-state index contributed by atoms with van der Waals surface area (Å²) >= 11 is 5.46. The molecule has 0 saturated heterocycles. The van der Waals surface area contributed by atoms with Crippen LogP contribution in [0.5, 0.6) is 0 Å². The van der Waals surface area contributed by atoms with Gasteiger partial charge in [-0.05, 0) is 64.4 Å². The lowest BCUT2D eigenvalue weighted by Gasteiger charge is -2.13. The molecule has 4 aromatic rings. The second kappa shape index (κ2) is 9.17. The summed E-state index contributed by atoms with van der Waals surface area (Å²) in [6.07, 6.45) is 0.833. The average Bonchev–Trinajstić information content (AvgIpc) is 2.78. The summed E-state index contributed by atoms with van der Waals surface area (Å²) in [6.45, 7) is 2.15. The van der Waals surface area contributed by atoms with Gasteiger partial charge in [0.15, 0.2) is 0 Å². The van der Waals surface area contributed by atoms with Crippen LogP contribution in [0.3, 0.4) is 0 Å². The fourth-order valence-electron chi connectivity index (χ4n) is 3.80. The lowest BCUT2D eigenvalue weighted by molar-refractivity contribution is 0.579. The minimum Gasteiger partial charge on any atom is -0.206 e. The molecule has 0 aromatic heterocycles. The predicted molar refractivity (Wildman–Crippen MR) is 121 cm³/mol. The van der Waals surface area contributed by atoms with Gasteiger partial charge >= 0.3 is 0 Å². The Morgan fingerprint density at radius 1 is 0.656 bits per heavy atom. The van der Waals surface area contributed by atoms with E-state index < -0.39 is 33.9 Å². The molecule has 5 heteroatoms. The van der Waals surface area contributed by atoms with Gasteiger partial charge < -0.3 is 0 Å². The monoisotopic (exact) mass is 454 g/mol. The standard InChI is InChI=1S/C27H19ClF4/c1-16(18-5-3-2-4-6-18)11-17-7-9-19(10-8-17)20-12-22(29)26(23(30)13-20)21-14-24(31)27(28)25(32)15-21/h2-10,12-16H,11H2,1H3. The van der Waals surface area contributed by atoms with Crippen molar-refractivity contribution in [3.05, 3.63) is 118 Å². The highest BCUT2D eigenvalue weighted by molar-refractivity contribution is 6.31. The van der Waals surface area contributed by atoms with E-state index in [0.717, 1.165) is 36.2 Å². The average molecular weight is 455 g/mol. The van der Waals surface area contributed by atoms with Gasteiger partial charge in [-0.15, -0.1) is 0 Å². The van der Waals surface area contributed by atoms with Crippen LogP contribution in [0.1, 0.15) is 24.0 Å². The van der Waals surface area contributed by atoms with Crippen LogP contribution < -0.4 is 0 Å². The van der Waals surface area contributed by atoms with Crippen molar-refractivity contribution in [3.63, 3.8) is 0 Å². The molecular formula is C27H19ClF4. The van der Waals surface area contributed by atoms with Crippen LogP contribution in [0.15, 0.2) is 78.9 Å². The van der Waals surface area contributed by atoms with Gasteiger partial charge in [0.1, 0.15) is 28.3 Å². The third kappa shape index (κ3) is 4.56. The van der Waals surface area contributed by atoms with Gasteiger partial charge in [-0.1, -0.05) is 73.1 Å². The van der Waals surface area contributed by atoms with Crippen molar-refractivity contribution in [2.45, 2.75) is 19.3 Å². The van der Waals surface area contributed by atoms with Crippen LogP contribution in [0.2, 0.25) is 5.02 Å². The first-order chi connectivity index (χ1) is 15.3. The molecule has 0 bridgehead atoms. The van der Waals surface area contributed by atoms with Gasteiger partial charge in [0.2, 0.25) is 0 Å². The largest absolute Gasteiger partial charge is 0.206 e. The van der Waals surface area contributed by atoms with Crippen LogP contribution in [0.25, 0.3) is 22.3 Å². The molecule has 0 aliphatic rings. The van der Waals surface area contributed by atoms with Crippen molar-refractivity contribution in [2.24, 2.45) is 0 Å². The zero-order valence-corrected chi connectivity index (χ0v) is 17.9. The van der Waals surface area contributed by atoms with Crippen molar-refractivity contribution < 1.29 is 17.6 Å². The van der Waals surface area contributed by atoms with Crippen molar-refractivity contribution in [3.8, 4) is 22.3 Å². The molecule has 0 spiro atoms. The van der Waals surface area contributed by atoms with Gasteiger partial charge in [0.05, 0.1) is 5.56 Å². The fourth-order valence-corrected chi connectivity index (χ4v) is 3.91. The second-order valence-corrected chi connectivity index (χ2v) is 8.16. The maximum atomic E-state index is 14.8. The zero-order chi connectivity index (χ0) is 22.8. The Hall–Kier alpha value is -3.11. The van der Waals surface area contributed by atoms with E-state index in [1.165, 1.54) is 5.56 Å². The first kappa shape index (κ1) is 22.1. The maximum Gasteiger partial charge on any atom is 0.145 e. The van der Waals surface area contributed by atoms with Gasteiger partial charge in [0.25, 0.3) is 0 Å². The van der Waals surface area contributed by atoms with Gasteiger partial charge in [-0.2, -0.15) is 0 Å². The van der Waals surface area contributed by atoms with Crippen molar-refractivity contribution in [1.29, 1.82) is 0 Å². The van der Waals surface area contributed by atoms with Crippen LogP contribution in [-0.4, -0.2) is 0 Å². The number of rotatable bonds is 5. The van der Waals surface area contributed by atoms with Gasteiger partial charge in [-0.25, -0.2) is 17.6 Å². The molecule has 0 amide bonds. The fraction of sp³-hybridized carbons (Fsp3) is 0.111.